The fourth-order valence-electron chi connectivity index (χ4n) is 2.87. The zero-order valence-electron chi connectivity index (χ0n) is 16.7. The second-order valence-corrected chi connectivity index (χ2v) is 6.15. The van der Waals surface area contributed by atoms with E-state index in [9.17, 15) is 4.79 Å². The van der Waals surface area contributed by atoms with Gasteiger partial charge in [0.1, 0.15) is 5.75 Å². The monoisotopic (exact) mass is 490 g/mol. The maximum atomic E-state index is 11.8. The molecule has 27 heavy (non-hydrogen) atoms. The molecule has 1 heterocycles. The molecular formula is C19H31IN4O3. The summed E-state index contributed by atoms with van der Waals surface area (Å²) in [4.78, 5) is 20.5. The molecule has 1 fully saturated rings. The van der Waals surface area contributed by atoms with Gasteiger partial charge in [0.15, 0.2) is 5.96 Å². The summed E-state index contributed by atoms with van der Waals surface area (Å²) in [7, 11) is 1.68. The fraction of sp³-hybridized carbons (Fsp3) is 0.579. The van der Waals surface area contributed by atoms with Gasteiger partial charge in [-0.15, -0.1) is 24.0 Å². The predicted molar refractivity (Wildman–Crippen MR) is 118 cm³/mol. The van der Waals surface area contributed by atoms with Gasteiger partial charge in [-0.25, -0.2) is 9.79 Å². The van der Waals surface area contributed by atoms with Gasteiger partial charge >= 0.3 is 6.09 Å². The number of hydrogen-bond donors (Lipinski definition) is 1. The average molecular weight is 490 g/mol. The van der Waals surface area contributed by atoms with Crippen molar-refractivity contribution >= 4 is 36.0 Å². The van der Waals surface area contributed by atoms with E-state index in [1.807, 2.05) is 19.9 Å². The van der Waals surface area contributed by atoms with E-state index < -0.39 is 0 Å². The van der Waals surface area contributed by atoms with Crippen molar-refractivity contribution in [2.45, 2.75) is 27.3 Å². The minimum absolute atomic E-state index is 0. The van der Waals surface area contributed by atoms with E-state index in [4.69, 9.17) is 14.5 Å². The lowest BCUT2D eigenvalue weighted by atomic mass is 10.1. The first-order chi connectivity index (χ1) is 12.6. The number of ether oxygens (including phenoxy) is 2. The van der Waals surface area contributed by atoms with Gasteiger partial charge in [-0.3, -0.25) is 0 Å². The second-order valence-electron chi connectivity index (χ2n) is 6.15. The molecule has 0 atom stereocenters. The maximum absolute atomic E-state index is 11.8. The standard InChI is InChI=1S/C19H30N4O3.HI/c1-5-20-18(21-14-16-8-7-15(3)17(13-16)25-4)22-9-11-23(12-10-22)19(24)26-6-2;/h7-8,13H,5-6,9-12,14H2,1-4H3,(H,20,21);1H. The van der Waals surface area contributed by atoms with Crippen molar-refractivity contribution < 1.29 is 14.3 Å². The van der Waals surface area contributed by atoms with Crippen molar-refractivity contribution in [3.63, 3.8) is 0 Å². The van der Waals surface area contributed by atoms with Crippen LogP contribution in [0.1, 0.15) is 25.0 Å². The van der Waals surface area contributed by atoms with Gasteiger partial charge < -0.3 is 24.6 Å². The average Bonchev–Trinajstić information content (AvgIpc) is 2.66. The van der Waals surface area contributed by atoms with Crippen LogP contribution in [0.15, 0.2) is 23.2 Å². The molecule has 8 heteroatoms. The molecule has 1 aliphatic heterocycles. The Morgan fingerprint density at radius 1 is 1.19 bits per heavy atom. The van der Waals surface area contributed by atoms with Gasteiger partial charge in [0.25, 0.3) is 0 Å². The number of aliphatic imine (C=N–C) groups is 1. The van der Waals surface area contributed by atoms with Crippen LogP contribution in [0.5, 0.6) is 5.75 Å². The number of guanidine groups is 1. The first kappa shape index (κ1) is 23.3. The highest BCUT2D eigenvalue weighted by molar-refractivity contribution is 14.0. The molecule has 1 aromatic rings. The number of nitrogens with one attached hydrogen (secondary N) is 1. The number of amides is 1. The van der Waals surface area contributed by atoms with Crippen LogP contribution in [-0.4, -0.2) is 68.3 Å². The Balaban J connectivity index is 0.00000364. The van der Waals surface area contributed by atoms with Crippen molar-refractivity contribution in [3.05, 3.63) is 29.3 Å². The van der Waals surface area contributed by atoms with E-state index in [1.165, 1.54) is 0 Å². The lowest BCUT2D eigenvalue weighted by Gasteiger charge is -2.35. The molecule has 0 aliphatic carbocycles. The number of benzene rings is 1. The number of carbonyl (C=O) groups excluding carboxylic acids is 1. The van der Waals surface area contributed by atoms with Crippen LogP contribution in [0.3, 0.4) is 0 Å². The van der Waals surface area contributed by atoms with Gasteiger partial charge in [-0.2, -0.15) is 0 Å². The zero-order chi connectivity index (χ0) is 18.9. The van der Waals surface area contributed by atoms with Crippen LogP contribution in [0, 0.1) is 6.92 Å². The number of piperazine rings is 1. The van der Waals surface area contributed by atoms with Crippen LogP contribution in [0.2, 0.25) is 0 Å². The van der Waals surface area contributed by atoms with Gasteiger partial charge in [-0.1, -0.05) is 12.1 Å². The lowest BCUT2D eigenvalue weighted by Crippen LogP contribution is -2.53. The second kappa shape index (κ2) is 11.9. The summed E-state index contributed by atoms with van der Waals surface area (Å²) < 4.78 is 10.5. The molecule has 1 amide bonds. The van der Waals surface area contributed by atoms with Crippen molar-refractivity contribution in [2.24, 2.45) is 4.99 Å². The van der Waals surface area contributed by atoms with Crippen LogP contribution in [0.4, 0.5) is 4.79 Å². The fourth-order valence-corrected chi connectivity index (χ4v) is 2.87. The summed E-state index contributed by atoms with van der Waals surface area (Å²) in [5.41, 5.74) is 2.22. The topological polar surface area (TPSA) is 66.4 Å². The Bertz CT molecular complexity index is 631. The number of aryl methyl sites for hydroxylation is 1. The third-order valence-corrected chi connectivity index (χ3v) is 4.32. The van der Waals surface area contributed by atoms with E-state index >= 15 is 0 Å². The largest absolute Gasteiger partial charge is 0.496 e. The molecule has 1 aromatic carbocycles. The van der Waals surface area contributed by atoms with Gasteiger partial charge in [0.05, 0.1) is 20.3 Å². The highest BCUT2D eigenvalue weighted by Gasteiger charge is 2.23. The molecule has 0 aromatic heterocycles. The molecular weight excluding hydrogens is 459 g/mol. The molecule has 0 unspecified atom stereocenters. The Hall–Kier alpha value is -1.71. The summed E-state index contributed by atoms with van der Waals surface area (Å²) >= 11 is 0. The molecule has 1 aliphatic rings. The molecule has 0 spiro atoms. The third-order valence-electron chi connectivity index (χ3n) is 4.32. The molecule has 0 saturated carbocycles. The molecule has 152 valence electrons. The Labute approximate surface area is 179 Å². The molecule has 7 nitrogen and oxygen atoms in total. The van der Waals surface area contributed by atoms with Crippen LogP contribution in [-0.2, 0) is 11.3 Å². The van der Waals surface area contributed by atoms with Crippen molar-refractivity contribution in [1.82, 2.24) is 15.1 Å². The number of hydrogen-bond acceptors (Lipinski definition) is 4. The van der Waals surface area contributed by atoms with Crippen molar-refractivity contribution in [3.8, 4) is 5.75 Å². The van der Waals surface area contributed by atoms with Gasteiger partial charge in [0, 0.05) is 32.7 Å². The maximum Gasteiger partial charge on any atom is 0.409 e. The lowest BCUT2D eigenvalue weighted by molar-refractivity contribution is 0.0914. The van der Waals surface area contributed by atoms with E-state index in [2.05, 4.69) is 29.3 Å². The highest BCUT2D eigenvalue weighted by atomic mass is 127. The van der Waals surface area contributed by atoms with Gasteiger partial charge in [0.2, 0.25) is 0 Å². The smallest absolute Gasteiger partial charge is 0.409 e. The Morgan fingerprint density at radius 2 is 1.85 bits per heavy atom. The molecule has 1 saturated heterocycles. The highest BCUT2D eigenvalue weighted by Crippen LogP contribution is 2.19. The summed E-state index contributed by atoms with van der Waals surface area (Å²) in [5, 5.41) is 3.34. The van der Waals surface area contributed by atoms with Crippen LogP contribution in [0.25, 0.3) is 0 Å². The van der Waals surface area contributed by atoms with E-state index in [0.717, 1.165) is 42.5 Å². The van der Waals surface area contributed by atoms with Crippen LogP contribution < -0.4 is 10.1 Å². The predicted octanol–water partition coefficient (Wildman–Crippen LogP) is 2.86. The Morgan fingerprint density at radius 3 is 2.44 bits per heavy atom. The first-order valence-corrected chi connectivity index (χ1v) is 9.17. The SMILES string of the molecule is CCNC(=NCc1ccc(C)c(OC)c1)N1CCN(C(=O)OCC)CC1.I. The minimum Gasteiger partial charge on any atom is -0.496 e. The van der Waals surface area contributed by atoms with E-state index in [1.54, 1.807) is 12.0 Å². The van der Waals surface area contributed by atoms with Crippen LogP contribution >= 0.6 is 24.0 Å². The summed E-state index contributed by atoms with van der Waals surface area (Å²) in [6, 6.07) is 6.15. The minimum atomic E-state index is -0.235. The molecule has 0 bridgehead atoms. The number of carbonyl (C=O) groups is 1. The zero-order valence-corrected chi connectivity index (χ0v) is 19.0. The number of halogens is 1. The summed E-state index contributed by atoms with van der Waals surface area (Å²) in [6.45, 7) is 10.4. The quantitative estimate of drug-likeness (QED) is 0.391. The molecule has 0 radical (unpaired) electrons. The van der Waals surface area contributed by atoms with Gasteiger partial charge in [-0.05, 0) is 38.0 Å². The summed E-state index contributed by atoms with van der Waals surface area (Å²) in [5.74, 6) is 1.75. The van der Waals surface area contributed by atoms with E-state index in [-0.39, 0.29) is 30.1 Å². The number of nitrogens with zero attached hydrogens (tertiary/aromatic N) is 3. The first-order valence-electron chi connectivity index (χ1n) is 9.17. The van der Waals surface area contributed by atoms with Crippen molar-refractivity contribution in [2.75, 3.05) is 46.4 Å². The molecule has 1 N–H and O–H groups in total. The summed E-state index contributed by atoms with van der Waals surface area (Å²) in [6.07, 6.45) is -0.235. The normalized spacial score (nSPS) is 14.4. The molecule has 2 rings (SSSR count). The number of rotatable bonds is 5. The number of methoxy groups -OCH3 is 1. The van der Waals surface area contributed by atoms with Crippen molar-refractivity contribution in [1.29, 1.82) is 0 Å². The Kier molecular flexibility index (Phi) is 10.3. The van der Waals surface area contributed by atoms with E-state index in [0.29, 0.717) is 26.2 Å². The third kappa shape index (κ3) is 6.75.